The van der Waals surface area contributed by atoms with Crippen molar-refractivity contribution >= 4 is 26.7 Å². The van der Waals surface area contributed by atoms with E-state index in [0.29, 0.717) is 40.9 Å². The molecule has 2 aliphatic heterocycles. The average molecular weight is 446 g/mol. The highest BCUT2D eigenvalue weighted by atomic mass is 32.2. The fourth-order valence-electron chi connectivity index (χ4n) is 4.35. The Bertz CT molecular complexity index is 970. The summed E-state index contributed by atoms with van der Waals surface area (Å²) in [4.78, 5) is 14.7. The first kappa shape index (κ1) is 23.5. The van der Waals surface area contributed by atoms with Crippen LogP contribution in [0.1, 0.15) is 77.3 Å². The molecule has 2 heterocycles. The van der Waals surface area contributed by atoms with E-state index in [2.05, 4.69) is 30.5 Å². The summed E-state index contributed by atoms with van der Waals surface area (Å²) < 4.78 is 29.9. The van der Waals surface area contributed by atoms with Gasteiger partial charge in [-0.2, -0.15) is 8.42 Å². The Morgan fingerprint density at radius 1 is 1.16 bits per heavy atom. The molecule has 7 heteroatoms. The Labute approximate surface area is 186 Å². The van der Waals surface area contributed by atoms with Crippen LogP contribution in [0.2, 0.25) is 0 Å². The van der Waals surface area contributed by atoms with Crippen LogP contribution in [-0.4, -0.2) is 44.2 Å². The molecule has 0 aliphatic carbocycles. The summed E-state index contributed by atoms with van der Waals surface area (Å²) in [5, 5.41) is 3.16. The number of hydrogen-bond donors (Lipinski definition) is 1. The summed E-state index contributed by atoms with van der Waals surface area (Å²) in [6.45, 7) is 11.5. The molecule has 1 aromatic rings. The highest BCUT2D eigenvalue weighted by molar-refractivity contribution is 8.00. The van der Waals surface area contributed by atoms with E-state index in [1.165, 1.54) is 5.56 Å². The lowest BCUT2D eigenvalue weighted by Gasteiger charge is -2.34. The van der Waals surface area contributed by atoms with E-state index in [1.54, 1.807) is 0 Å². The number of nitrogens with zero attached hydrogens (tertiary/aromatic N) is 2. The molecule has 1 amide bonds. The Morgan fingerprint density at radius 2 is 1.77 bits per heavy atom. The smallest absolute Gasteiger partial charge is 0.285 e. The first-order valence-electron chi connectivity index (χ1n) is 11.4. The maximum absolute atomic E-state index is 12.9. The molecule has 0 bridgehead atoms. The average Bonchev–Trinajstić information content (AvgIpc) is 2.97. The number of carbonyl (C=O) groups is 1. The molecule has 0 saturated carbocycles. The third-order valence-corrected chi connectivity index (χ3v) is 7.76. The number of piperidine rings is 1. The molecule has 170 valence electrons. The van der Waals surface area contributed by atoms with Crippen molar-refractivity contribution in [3.63, 3.8) is 0 Å². The topological polar surface area (TPSA) is 78.8 Å². The number of carbonyl (C=O) groups excluding carboxylic acids is 1. The van der Waals surface area contributed by atoms with Crippen molar-refractivity contribution in [1.82, 2.24) is 10.2 Å². The van der Waals surface area contributed by atoms with Crippen LogP contribution in [0.4, 0.5) is 0 Å². The Hall–Kier alpha value is -2.15. The number of benzene rings is 1. The fourth-order valence-corrected chi connectivity index (χ4v) is 5.83. The lowest BCUT2D eigenvalue weighted by atomic mass is 9.99. The van der Waals surface area contributed by atoms with Gasteiger partial charge in [-0.25, -0.2) is 0 Å². The molecule has 2 aliphatic rings. The fraction of sp³-hybridized carbons (Fsp3) is 0.583. The van der Waals surface area contributed by atoms with E-state index in [4.69, 9.17) is 0 Å². The summed E-state index contributed by atoms with van der Waals surface area (Å²) in [7, 11) is -3.71. The number of amidine groups is 1. The van der Waals surface area contributed by atoms with Crippen molar-refractivity contribution in [2.45, 2.75) is 72.3 Å². The zero-order chi connectivity index (χ0) is 22.8. The highest BCUT2D eigenvalue weighted by Crippen LogP contribution is 2.34. The van der Waals surface area contributed by atoms with Crippen LogP contribution >= 0.6 is 0 Å². The molecule has 0 aromatic heterocycles. The standard InChI is InChI=1S/C24H35N3O3S/c1-6-7-17(4)24(28)25-21-12-14-27(15-13-21)23-18(5)22(31(29,30)26-23)20-10-8-19(9-11-20)16(2)3/h8-11,16-17,21H,6-7,12-15H2,1-5H3,(H,25,28). The molecule has 1 saturated heterocycles. The van der Waals surface area contributed by atoms with Gasteiger partial charge in [0.05, 0.1) is 0 Å². The molecule has 1 fully saturated rings. The minimum atomic E-state index is -3.71. The molecule has 1 aromatic carbocycles. The van der Waals surface area contributed by atoms with E-state index in [9.17, 15) is 13.2 Å². The molecule has 1 N–H and O–H groups in total. The van der Waals surface area contributed by atoms with Crippen LogP contribution in [-0.2, 0) is 14.8 Å². The van der Waals surface area contributed by atoms with Crippen LogP contribution in [0.25, 0.3) is 4.91 Å². The van der Waals surface area contributed by atoms with Gasteiger partial charge in [-0.05, 0) is 43.2 Å². The van der Waals surface area contributed by atoms with Gasteiger partial charge in [0.15, 0.2) is 0 Å². The van der Waals surface area contributed by atoms with Crippen LogP contribution in [0.5, 0.6) is 0 Å². The molecule has 0 spiro atoms. The third-order valence-electron chi connectivity index (χ3n) is 6.29. The van der Waals surface area contributed by atoms with Gasteiger partial charge in [-0.3, -0.25) is 4.79 Å². The second-order valence-corrected chi connectivity index (χ2v) is 10.6. The van der Waals surface area contributed by atoms with Crippen LogP contribution in [0, 0.1) is 5.92 Å². The van der Waals surface area contributed by atoms with E-state index < -0.39 is 10.0 Å². The van der Waals surface area contributed by atoms with Gasteiger partial charge in [0.1, 0.15) is 10.7 Å². The lowest BCUT2D eigenvalue weighted by molar-refractivity contribution is -0.125. The molecule has 6 nitrogen and oxygen atoms in total. The molecule has 1 unspecified atom stereocenters. The maximum Gasteiger partial charge on any atom is 0.285 e. The Balaban J connectivity index is 1.70. The first-order valence-corrected chi connectivity index (χ1v) is 12.8. The van der Waals surface area contributed by atoms with Crippen molar-refractivity contribution in [2.75, 3.05) is 13.1 Å². The molecular weight excluding hydrogens is 410 g/mol. The number of likely N-dealkylation sites (tertiary alicyclic amines) is 1. The molecule has 3 rings (SSSR count). The summed E-state index contributed by atoms with van der Waals surface area (Å²) in [5.41, 5.74) is 2.57. The monoisotopic (exact) mass is 445 g/mol. The largest absolute Gasteiger partial charge is 0.356 e. The zero-order valence-corrected chi connectivity index (χ0v) is 20.1. The van der Waals surface area contributed by atoms with E-state index >= 15 is 0 Å². The number of amides is 1. The summed E-state index contributed by atoms with van der Waals surface area (Å²) in [6.07, 6.45) is 3.46. The van der Waals surface area contributed by atoms with Gasteiger partial charge in [0.25, 0.3) is 10.0 Å². The number of sulfonamides is 1. The van der Waals surface area contributed by atoms with Crippen molar-refractivity contribution in [1.29, 1.82) is 0 Å². The first-order chi connectivity index (χ1) is 14.6. The SMILES string of the molecule is CCCC(C)C(=O)NC1CCN(C2=NS(=O)(=O)C(c3ccc(C(C)C)cc3)=C2C)CC1. The Kier molecular flexibility index (Phi) is 7.24. The van der Waals surface area contributed by atoms with Gasteiger partial charge >= 0.3 is 0 Å². The summed E-state index contributed by atoms with van der Waals surface area (Å²) >= 11 is 0. The van der Waals surface area contributed by atoms with Gasteiger partial charge in [-0.1, -0.05) is 58.4 Å². The van der Waals surface area contributed by atoms with Crippen molar-refractivity contribution in [3.8, 4) is 0 Å². The van der Waals surface area contributed by atoms with Crippen molar-refractivity contribution in [3.05, 3.63) is 41.0 Å². The highest BCUT2D eigenvalue weighted by Gasteiger charge is 2.35. The van der Waals surface area contributed by atoms with Gasteiger partial charge in [-0.15, -0.1) is 4.40 Å². The normalized spacial score (nSPS) is 20.2. The molecular formula is C24H35N3O3S. The predicted molar refractivity (Wildman–Crippen MR) is 126 cm³/mol. The van der Waals surface area contributed by atoms with E-state index in [1.807, 2.05) is 43.0 Å². The van der Waals surface area contributed by atoms with Gasteiger partial charge in [0.2, 0.25) is 5.91 Å². The van der Waals surface area contributed by atoms with Crippen LogP contribution < -0.4 is 5.32 Å². The minimum absolute atomic E-state index is 0.0298. The van der Waals surface area contributed by atoms with Crippen LogP contribution in [0.15, 0.2) is 34.2 Å². The van der Waals surface area contributed by atoms with Gasteiger partial charge in [0, 0.05) is 30.6 Å². The molecule has 31 heavy (non-hydrogen) atoms. The van der Waals surface area contributed by atoms with Gasteiger partial charge < -0.3 is 10.2 Å². The van der Waals surface area contributed by atoms with E-state index in [-0.39, 0.29) is 17.9 Å². The second kappa shape index (κ2) is 9.55. The van der Waals surface area contributed by atoms with Crippen LogP contribution in [0.3, 0.4) is 0 Å². The Morgan fingerprint density at radius 3 is 2.32 bits per heavy atom. The summed E-state index contributed by atoms with van der Waals surface area (Å²) in [5.74, 6) is 1.08. The molecule has 0 radical (unpaired) electrons. The third kappa shape index (κ3) is 5.20. The predicted octanol–water partition coefficient (Wildman–Crippen LogP) is 4.30. The second-order valence-electron chi connectivity index (χ2n) is 9.08. The number of hydrogen-bond acceptors (Lipinski definition) is 4. The van der Waals surface area contributed by atoms with E-state index in [0.717, 1.165) is 25.7 Å². The maximum atomic E-state index is 12.9. The van der Waals surface area contributed by atoms with Crippen molar-refractivity contribution < 1.29 is 13.2 Å². The zero-order valence-electron chi connectivity index (χ0n) is 19.3. The number of rotatable bonds is 6. The quantitative estimate of drug-likeness (QED) is 0.708. The molecule has 1 atom stereocenters. The number of nitrogens with one attached hydrogen (secondary N) is 1. The summed E-state index contributed by atoms with van der Waals surface area (Å²) in [6, 6.07) is 7.87. The lowest BCUT2D eigenvalue weighted by Crippen LogP contribution is -2.47. The minimum Gasteiger partial charge on any atom is -0.356 e. The van der Waals surface area contributed by atoms with Crippen molar-refractivity contribution in [2.24, 2.45) is 10.3 Å².